The molecule has 2 amide bonds. The van der Waals surface area contributed by atoms with Crippen molar-refractivity contribution in [3.63, 3.8) is 0 Å². The second kappa shape index (κ2) is 8.10. The summed E-state index contributed by atoms with van der Waals surface area (Å²) < 4.78 is 0. The van der Waals surface area contributed by atoms with E-state index in [-0.39, 0.29) is 23.0 Å². The Morgan fingerprint density at radius 3 is 2.89 bits per heavy atom. The normalized spacial score (nSPS) is 17.9. The lowest BCUT2D eigenvalue weighted by Gasteiger charge is -2.14. The Balaban J connectivity index is 1.70. The number of carbonyl (C=O) groups excluding carboxylic acids is 2. The van der Waals surface area contributed by atoms with Gasteiger partial charge in [0.05, 0.1) is 16.8 Å². The van der Waals surface area contributed by atoms with E-state index in [9.17, 15) is 19.7 Å². The van der Waals surface area contributed by atoms with E-state index in [1.807, 2.05) is 17.5 Å². The lowest BCUT2D eigenvalue weighted by Crippen LogP contribution is -2.31. The molecule has 2 N–H and O–H groups in total. The van der Waals surface area contributed by atoms with Crippen molar-refractivity contribution in [1.29, 1.82) is 0 Å². The first-order chi connectivity index (χ1) is 13.0. The maximum atomic E-state index is 12.6. The van der Waals surface area contributed by atoms with Crippen LogP contribution in [0, 0.1) is 10.1 Å². The van der Waals surface area contributed by atoms with Gasteiger partial charge in [-0.05, 0) is 17.5 Å². The molecule has 0 bridgehead atoms. The quantitative estimate of drug-likeness (QED) is 0.268. The number of carbonyl (C=O) groups is 2. The summed E-state index contributed by atoms with van der Waals surface area (Å²) in [4.78, 5) is 37.0. The topological polar surface area (TPSA) is 131 Å². The van der Waals surface area contributed by atoms with Crippen LogP contribution in [-0.2, 0) is 9.59 Å². The van der Waals surface area contributed by atoms with E-state index >= 15 is 0 Å². The molecule has 0 unspecified atom stereocenters. The fourth-order valence-corrected chi connectivity index (χ4v) is 3.79. The summed E-state index contributed by atoms with van der Waals surface area (Å²) in [5.41, 5.74) is 5.74. The standard InChI is InChI=1S/C16H13N5O4S2/c17-16(19-18-9-12-5-2-6-26-12)27-13-8-14(22)20(15(13)23)10-3-1-4-11(7-10)21(24)25/h1-7,9,13H,8H2,(H2,17,19)/b18-9-/t13-/m0/s1. The molecule has 1 aliphatic heterocycles. The van der Waals surface area contributed by atoms with Crippen LogP contribution < -0.4 is 10.6 Å². The average molecular weight is 403 g/mol. The van der Waals surface area contributed by atoms with Crippen LogP contribution in [0.1, 0.15) is 11.3 Å². The Hall–Kier alpha value is -3.05. The summed E-state index contributed by atoms with van der Waals surface area (Å²) in [6.45, 7) is 0. The number of thioether (sulfide) groups is 1. The predicted octanol–water partition coefficient (Wildman–Crippen LogP) is 2.37. The van der Waals surface area contributed by atoms with Gasteiger partial charge in [-0.3, -0.25) is 19.7 Å². The van der Waals surface area contributed by atoms with Gasteiger partial charge in [-0.25, -0.2) is 4.90 Å². The molecule has 138 valence electrons. The minimum atomic E-state index is -0.752. The van der Waals surface area contributed by atoms with E-state index < -0.39 is 22.0 Å². The average Bonchev–Trinajstić information content (AvgIpc) is 3.23. The molecule has 1 aromatic carbocycles. The molecule has 1 saturated heterocycles. The number of nitrogens with zero attached hydrogens (tertiary/aromatic N) is 4. The lowest BCUT2D eigenvalue weighted by atomic mass is 10.2. The molecule has 0 spiro atoms. The van der Waals surface area contributed by atoms with Gasteiger partial charge in [0.2, 0.25) is 11.8 Å². The van der Waals surface area contributed by atoms with Gasteiger partial charge < -0.3 is 5.73 Å². The second-order valence-electron chi connectivity index (χ2n) is 5.35. The zero-order chi connectivity index (χ0) is 19.4. The van der Waals surface area contributed by atoms with E-state index in [4.69, 9.17) is 5.73 Å². The molecule has 11 heteroatoms. The lowest BCUT2D eigenvalue weighted by molar-refractivity contribution is -0.384. The summed E-state index contributed by atoms with van der Waals surface area (Å²) in [6, 6.07) is 9.10. The van der Waals surface area contributed by atoms with Crippen molar-refractivity contribution >= 4 is 57.7 Å². The SMILES string of the molecule is N/C(=N\N=C/c1cccs1)S[C@H]1CC(=O)N(c2cccc([N+](=O)[O-])c2)C1=O. The molecule has 0 radical (unpaired) electrons. The third-order valence-electron chi connectivity index (χ3n) is 3.55. The number of imide groups is 1. The summed E-state index contributed by atoms with van der Waals surface area (Å²) in [7, 11) is 0. The Labute approximate surface area is 161 Å². The molecule has 2 aromatic rings. The number of anilines is 1. The van der Waals surface area contributed by atoms with Crippen molar-refractivity contribution in [3.8, 4) is 0 Å². The number of hydrogen-bond acceptors (Lipinski definition) is 8. The fourth-order valence-electron chi connectivity index (χ4n) is 2.39. The zero-order valence-corrected chi connectivity index (χ0v) is 15.4. The number of rotatable bonds is 5. The molecular formula is C16H13N5O4S2. The van der Waals surface area contributed by atoms with Crippen molar-refractivity contribution < 1.29 is 14.5 Å². The minimum Gasteiger partial charge on any atom is -0.377 e. The molecule has 0 aliphatic carbocycles. The monoisotopic (exact) mass is 403 g/mol. The van der Waals surface area contributed by atoms with E-state index in [1.54, 1.807) is 0 Å². The first-order valence-corrected chi connectivity index (χ1v) is 9.39. The molecule has 1 fully saturated rings. The van der Waals surface area contributed by atoms with Crippen LogP contribution in [0.25, 0.3) is 0 Å². The van der Waals surface area contributed by atoms with Gasteiger partial charge >= 0.3 is 0 Å². The Bertz CT molecular complexity index is 942. The molecule has 27 heavy (non-hydrogen) atoms. The van der Waals surface area contributed by atoms with Crippen LogP contribution in [0.4, 0.5) is 11.4 Å². The van der Waals surface area contributed by atoms with E-state index in [0.717, 1.165) is 21.5 Å². The maximum Gasteiger partial charge on any atom is 0.271 e. The summed E-state index contributed by atoms with van der Waals surface area (Å²) in [5.74, 6) is -0.946. The Morgan fingerprint density at radius 2 is 2.19 bits per heavy atom. The molecule has 1 aliphatic rings. The van der Waals surface area contributed by atoms with Gasteiger partial charge in [-0.15, -0.1) is 16.4 Å². The molecule has 9 nitrogen and oxygen atoms in total. The van der Waals surface area contributed by atoms with Crippen molar-refractivity contribution in [2.45, 2.75) is 11.7 Å². The minimum absolute atomic E-state index is 0.0508. The van der Waals surface area contributed by atoms with Gasteiger partial charge in [0.1, 0.15) is 5.25 Å². The van der Waals surface area contributed by atoms with Gasteiger partial charge in [-0.2, -0.15) is 5.10 Å². The molecule has 1 atom stereocenters. The number of nitro groups is 1. The summed E-state index contributed by atoms with van der Waals surface area (Å²) in [6.07, 6.45) is 1.46. The highest BCUT2D eigenvalue weighted by Crippen LogP contribution is 2.31. The van der Waals surface area contributed by atoms with Crippen molar-refractivity contribution in [3.05, 3.63) is 56.8 Å². The molecule has 3 rings (SSSR count). The first-order valence-electron chi connectivity index (χ1n) is 7.63. The molecule has 2 heterocycles. The van der Waals surface area contributed by atoms with E-state index in [2.05, 4.69) is 10.2 Å². The molecule has 1 aromatic heterocycles. The van der Waals surface area contributed by atoms with Crippen LogP contribution >= 0.6 is 23.1 Å². The Kier molecular flexibility index (Phi) is 5.62. The predicted molar refractivity (Wildman–Crippen MR) is 105 cm³/mol. The van der Waals surface area contributed by atoms with E-state index in [1.165, 1.54) is 41.8 Å². The highest BCUT2D eigenvalue weighted by molar-refractivity contribution is 8.14. The molecular weight excluding hydrogens is 390 g/mol. The van der Waals surface area contributed by atoms with Gasteiger partial charge in [-0.1, -0.05) is 23.9 Å². The number of hydrogen-bond donors (Lipinski definition) is 1. The van der Waals surface area contributed by atoms with Gasteiger partial charge in [0, 0.05) is 23.4 Å². The highest BCUT2D eigenvalue weighted by atomic mass is 32.2. The number of thiophene rings is 1. The highest BCUT2D eigenvalue weighted by Gasteiger charge is 2.41. The third-order valence-corrected chi connectivity index (χ3v) is 5.33. The van der Waals surface area contributed by atoms with Crippen LogP contribution in [-0.4, -0.2) is 33.4 Å². The van der Waals surface area contributed by atoms with Crippen LogP contribution in [0.2, 0.25) is 0 Å². The summed E-state index contributed by atoms with van der Waals surface area (Å²) in [5, 5.41) is 19.8. The molecule has 0 saturated carbocycles. The second-order valence-corrected chi connectivity index (χ2v) is 7.56. The van der Waals surface area contributed by atoms with Gasteiger partial charge in [0.25, 0.3) is 5.69 Å². The van der Waals surface area contributed by atoms with Gasteiger partial charge in [0.15, 0.2) is 5.17 Å². The maximum absolute atomic E-state index is 12.6. The van der Waals surface area contributed by atoms with Crippen molar-refractivity contribution in [2.24, 2.45) is 15.9 Å². The summed E-state index contributed by atoms with van der Waals surface area (Å²) >= 11 is 2.43. The van der Waals surface area contributed by atoms with E-state index in [0.29, 0.717) is 0 Å². The van der Waals surface area contributed by atoms with Crippen LogP contribution in [0.5, 0.6) is 0 Å². The largest absolute Gasteiger partial charge is 0.377 e. The number of nitro benzene ring substituents is 1. The fraction of sp³-hybridized carbons (Fsp3) is 0.125. The zero-order valence-electron chi connectivity index (χ0n) is 13.7. The number of non-ortho nitro benzene ring substituents is 1. The third kappa shape index (κ3) is 4.38. The number of amidine groups is 1. The smallest absolute Gasteiger partial charge is 0.271 e. The van der Waals surface area contributed by atoms with Crippen LogP contribution in [0.3, 0.4) is 0 Å². The Morgan fingerprint density at radius 1 is 1.37 bits per heavy atom. The number of nitrogens with two attached hydrogens (primary N) is 1. The van der Waals surface area contributed by atoms with Crippen molar-refractivity contribution in [1.82, 2.24) is 0 Å². The number of amides is 2. The van der Waals surface area contributed by atoms with Crippen LogP contribution in [0.15, 0.2) is 52.0 Å². The number of benzene rings is 1. The van der Waals surface area contributed by atoms with Crippen molar-refractivity contribution in [2.75, 3.05) is 4.90 Å². The first kappa shape index (κ1) is 18.7.